The van der Waals surface area contributed by atoms with Crippen molar-refractivity contribution in [1.29, 1.82) is 0 Å². The molecule has 1 aromatic heterocycles. The maximum Gasteiger partial charge on any atom is 0.154 e. The Morgan fingerprint density at radius 2 is 1.95 bits per heavy atom. The first-order valence-electron chi connectivity index (χ1n) is 8.06. The summed E-state index contributed by atoms with van der Waals surface area (Å²) >= 11 is 0. The molecule has 2 rings (SSSR count). The number of nitrogens with one attached hydrogen (secondary N) is 2. The fourth-order valence-electron chi connectivity index (χ4n) is 2.57. The maximum absolute atomic E-state index is 6.12. The predicted octanol–water partition coefficient (Wildman–Crippen LogP) is 2.81. The van der Waals surface area contributed by atoms with Crippen molar-refractivity contribution in [2.45, 2.75) is 38.5 Å². The van der Waals surface area contributed by atoms with E-state index in [9.17, 15) is 0 Å². The summed E-state index contributed by atoms with van der Waals surface area (Å²) in [5.41, 5.74) is 8.25. The van der Waals surface area contributed by atoms with Gasteiger partial charge < -0.3 is 21.1 Å². The summed E-state index contributed by atoms with van der Waals surface area (Å²) in [5.74, 6) is 1.39. The average Bonchev–Trinajstić information content (AvgIpc) is 2.55. The van der Waals surface area contributed by atoms with E-state index < -0.39 is 0 Å². The van der Waals surface area contributed by atoms with Crippen molar-refractivity contribution >= 4 is 17.3 Å². The van der Waals surface area contributed by atoms with Gasteiger partial charge in [0.25, 0.3) is 0 Å². The third-order valence-electron chi connectivity index (χ3n) is 3.83. The van der Waals surface area contributed by atoms with Crippen LogP contribution in [0.25, 0.3) is 0 Å². The molecule has 0 atom stereocenters. The van der Waals surface area contributed by atoms with Gasteiger partial charge in [0.05, 0.1) is 0 Å². The quantitative estimate of drug-likeness (QED) is 0.480. The minimum atomic E-state index is 0.581. The molecule has 1 aliphatic carbocycles. The van der Waals surface area contributed by atoms with Gasteiger partial charge in [-0.15, -0.1) is 0 Å². The van der Waals surface area contributed by atoms with Crippen LogP contribution in [0.2, 0.25) is 0 Å². The first-order chi connectivity index (χ1) is 10.8. The Morgan fingerprint density at radius 1 is 1.18 bits per heavy atom. The summed E-state index contributed by atoms with van der Waals surface area (Å²) in [7, 11) is 1.70. The number of allylic oxidation sites excluding steroid dienone is 1. The predicted molar refractivity (Wildman–Crippen MR) is 91.1 cm³/mol. The number of anilines is 3. The number of nitrogens with zero attached hydrogens (tertiary/aromatic N) is 2. The van der Waals surface area contributed by atoms with Crippen molar-refractivity contribution in [2.75, 3.05) is 43.2 Å². The number of hydrogen-bond donors (Lipinski definition) is 3. The van der Waals surface area contributed by atoms with Crippen molar-refractivity contribution in [1.82, 2.24) is 9.97 Å². The lowest BCUT2D eigenvalue weighted by Gasteiger charge is -2.15. The number of aromatic nitrogens is 2. The molecular formula is C16H27N5O. The molecule has 22 heavy (non-hydrogen) atoms. The summed E-state index contributed by atoms with van der Waals surface area (Å²) in [6, 6.07) is 0. The molecule has 0 spiro atoms. The van der Waals surface area contributed by atoms with Gasteiger partial charge in [-0.05, 0) is 38.5 Å². The summed E-state index contributed by atoms with van der Waals surface area (Å²) < 4.78 is 5.02. The molecule has 4 N–H and O–H groups in total. The molecule has 0 saturated heterocycles. The highest BCUT2D eigenvalue weighted by Crippen LogP contribution is 2.23. The summed E-state index contributed by atoms with van der Waals surface area (Å²) in [4.78, 5) is 8.43. The van der Waals surface area contributed by atoms with Gasteiger partial charge >= 0.3 is 0 Å². The fraction of sp³-hybridized carbons (Fsp3) is 0.625. The van der Waals surface area contributed by atoms with Gasteiger partial charge in [0.1, 0.15) is 12.0 Å². The molecular weight excluding hydrogens is 278 g/mol. The van der Waals surface area contributed by atoms with Crippen LogP contribution in [0.3, 0.4) is 0 Å². The van der Waals surface area contributed by atoms with E-state index in [-0.39, 0.29) is 0 Å². The van der Waals surface area contributed by atoms with Crippen molar-refractivity contribution < 1.29 is 4.74 Å². The van der Waals surface area contributed by atoms with Crippen molar-refractivity contribution in [3.63, 3.8) is 0 Å². The first kappa shape index (κ1) is 16.5. The normalized spacial score (nSPS) is 14.5. The molecule has 0 aliphatic heterocycles. The second kappa shape index (κ2) is 9.25. The number of hydrogen-bond acceptors (Lipinski definition) is 6. The van der Waals surface area contributed by atoms with E-state index >= 15 is 0 Å². The van der Waals surface area contributed by atoms with Crippen LogP contribution < -0.4 is 16.4 Å². The molecule has 0 unspecified atom stereocenters. The average molecular weight is 305 g/mol. The Hall–Kier alpha value is -1.82. The van der Waals surface area contributed by atoms with Gasteiger partial charge in [-0.2, -0.15) is 0 Å². The third kappa shape index (κ3) is 5.18. The zero-order valence-corrected chi connectivity index (χ0v) is 13.4. The largest absolute Gasteiger partial charge is 0.393 e. The van der Waals surface area contributed by atoms with E-state index in [4.69, 9.17) is 10.5 Å². The minimum Gasteiger partial charge on any atom is -0.393 e. The molecule has 1 heterocycles. The van der Waals surface area contributed by atoms with Crippen molar-refractivity contribution in [2.24, 2.45) is 0 Å². The Balaban J connectivity index is 1.81. The SMILES string of the molecule is COCCCNc1ncnc(NCCC2=CCCCC2)c1N. The Bertz CT molecular complexity index is 489. The van der Waals surface area contributed by atoms with Crippen LogP contribution in [-0.4, -0.2) is 36.8 Å². The molecule has 6 heteroatoms. The standard InChI is InChI=1S/C16H27N5O/c1-22-11-5-9-18-15-14(17)16(21-12-20-15)19-10-8-13-6-3-2-4-7-13/h6,12H,2-5,7-11,17H2,1H3,(H2,18,19,20,21). The highest BCUT2D eigenvalue weighted by atomic mass is 16.5. The summed E-state index contributed by atoms with van der Waals surface area (Å²) in [6.07, 6.45) is 11.0. The second-order valence-corrected chi connectivity index (χ2v) is 5.54. The third-order valence-corrected chi connectivity index (χ3v) is 3.83. The van der Waals surface area contributed by atoms with Crippen LogP contribution in [0.4, 0.5) is 17.3 Å². The van der Waals surface area contributed by atoms with E-state index in [0.29, 0.717) is 17.3 Å². The van der Waals surface area contributed by atoms with Gasteiger partial charge in [0, 0.05) is 26.8 Å². The van der Waals surface area contributed by atoms with E-state index in [1.165, 1.54) is 32.0 Å². The van der Waals surface area contributed by atoms with Crippen LogP contribution in [-0.2, 0) is 4.74 Å². The molecule has 6 nitrogen and oxygen atoms in total. The van der Waals surface area contributed by atoms with E-state index in [1.807, 2.05) is 0 Å². The molecule has 0 bridgehead atoms. The number of rotatable bonds is 9. The van der Waals surface area contributed by atoms with Gasteiger partial charge in [-0.1, -0.05) is 11.6 Å². The summed E-state index contributed by atoms with van der Waals surface area (Å²) in [6.45, 7) is 2.36. The lowest BCUT2D eigenvalue weighted by atomic mass is 9.97. The summed E-state index contributed by atoms with van der Waals surface area (Å²) in [5, 5.41) is 6.54. The van der Waals surface area contributed by atoms with E-state index in [0.717, 1.165) is 32.5 Å². The van der Waals surface area contributed by atoms with Crippen molar-refractivity contribution in [3.8, 4) is 0 Å². The van der Waals surface area contributed by atoms with Gasteiger partial charge in [0.15, 0.2) is 11.6 Å². The van der Waals surface area contributed by atoms with Crippen LogP contribution in [0.15, 0.2) is 18.0 Å². The first-order valence-corrected chi connectivity index (χ1v) is 8.06. The highest BCUT2D eigenvalue weighted by molar-refractivity contribution is 5.73. The lowest BCUT2D eigenvalue weighted by Crippen LogP contribution is -2.12. The number of ether oxygens (including phenoxy) is 1. The molecule has 0 saturated carbocycles. The van der Waals surface area contributed by atoms with Crippen LogP contribution >= 0.6 is 0 Å². The molecule has 0 fully saturated rings. The van der Waals surface area contributed by atoms with Gasteiger partial charge in [-0.25, -0.2) is 9.97 Å². The molecule has 1 aromatic rings. The van der Waals surface area contributed by atoms with Gasteiger partial charge in [-0.3, -0.25) is 0 Å². The fourth-order valence-corrected chi connectivity index (χ4v) is 2.57. The monoisotopic (exact) mass is 305 g/mol. The Labute approximate surface area is 132 Å². The Morgan fingerprint density at radius 3 is 2.64 bits per heavy atom. The molecule has 122 valence electrons. The molecule has 0 aromatic carbocycles. The zero-order chi connectivity index (χ0) is 15.6. The van der Waals surface area contributed by atoms with Crippen LogP contribution in [0.5, 0.6) is 0 Å². The maximum atomic E-state index is 6.12. The minimum absolute atomic E-state index is 0.581. The number of nitrogen functional groups attached to an aromatic ring is 1. The number of nitrogens with two attached hydrogens (primary N) is 1. The second-order valence-electron chi connectivity index (χ2n) is 5.54. The van der Waals surface area contributed by atoms with E-state index in [1.54, 1.807) is 12.7 Å². The lowest BCUT2D eigenvalue weighted by molar-refractivity contribution is 0.198. The van der Waals surface area contributed by atoms with E-state index in [2.05, 4.69) is 26.7 Å². The zero-order valence-electron chi connectivity index (χ0n) is 13.4. The highest BCUT2D eigenvalue weighted by Gasteiger charge is 2.08. The van der Waals surface area contributed by atoms with Crippen LogP contribution in [0.1, 0.15) is 38.5 Å². The topological polar surface area (TPSA) is 85.1 Å². The van der Waals surface area contributed by atoms with Crippen molar-refractivity contribution in [3.05, 3.63) is 18.0 Å². The molecule has 0 amide bonds. The van der Waals surface area contributed by atoms with Gasteiger partial charge in [0.2, 0.25) is 0 Å². The smallest absolute Gasteiger partial charge is 0.154 e. The molecule has 0 radical (unpaired) electrons. The molecule has 1 aliphatic rings. The number of methoxy groups -OCH3 is 1. The van der Waals surface area contributed by atoms with Crippen LogP contribution in [0, 0.1) is 0 Å². The Kier molecular flexibility index (Phi) is 6.96.